The van der Waals surface area contributed by atoms with E-state index in [9.17, 15) is 19.4 Å². The molecule has 0 bridgehead atoms. The summed E-state index contributed by atoms with van der Waals surface area (Å²) in [6, 6.07) is 10.4. The minimum Gasteiger partial charge on any atom is -0.396 e. The van der Waals surface area contributed by atoms with E-state index in [-0.39, 0.29) is 30.9 Å². The fraction of sp³-hybridized carbons (Fsp3) is 0.452. The van der Waals surface area contributed by atoms with E-state index in [1.54, 1.807) is 12.1 Å². The van der Waals surface area contributed by atoms with Crippen LogP contribution in [-0.4, -0.2) is 86.7 Å². The van der Waals surface area contributed by atoms with Crippen LogP contribution < -0.4 is 4.90 Å². The van der Waals surface area contributed by atoms with Gasteiger partial charge in [0.1, 0.15) is 17.3 Å². The van der Waals surface area contributed by atoms with Crippen LogP contribution >= 0.6 is 11.3 Å². The van der Waals surface area contributed by atoms with Gasteiger partial charge in [-0.3, -0.25) is 14.1 Å². The molecule has 0 unspecified atom stereocenters. The van der Waals surface area contributed by atoms with Gasteiger partial charge in [-0.15, -0.1) is 0 Å². The maximum atomic E-state index is 13.5. The second kappa shape index (κ2) is 12.1. The van der Waals surface area contributed by atoms with Gasteiger partial charge >= 0.3 is 0 Å². The molecule has 0 saturated carbocycles. The summed E-state index contributed by atoms with van der Waals surface area (Å²) in [5.74, 6) is 1.41. The molecule has 2 fully saturated rings. The summed E-state index contributed by atoms with van der Waals surface area (Å²) in [5, 5.41) is 20.0. The summed E-state index contributed by atoms with van der Waals surface area (Å²) < 4.78 is 15.7. The van der Waals surface area contributed by atoms with Crippen molar-refractivity contribution in [1.29, 1.82) is 0 Å². The molecule has 2 saturated heterocycles. The monoisotopic (exact) mass is 592 g/mol. The minimum absolute atomic E-state index is 0.151. The van der Waals surface area contributed by atoms with Crippen molar-refractivity contribution in [2.75, 3.05) is 51.3 Å². The number of thiazole rings is 1. The molecule has 1 aromatic carbocycles. The highest BCUT2D eigenvalue weighted by molar-refractivity contribution is 7.16. The number of nitrogens with zero attached hydrogens (tertiary/aromatic N) is 6. The molecule has 11 heteroatoms. The third-order valence-electron chi connectivity index (χ3n) is 8.56. The average molecular weight is 593 g/mol. The lowest BCUT2D eigenvalue weighted by Gasteiger charge is -2.40. The number of carbonyl (C=O) groups is 1. The predicted octanol–water partition coefficient (Wildman–Crippen LogP) is 4.05. The summed E-state index contributed by atoms with van der Waals surface area (Å²) >= 11 is 1.42. The van der Waals surface area contributed by atoms with Gasteiger partial charge in [0.25, 0.3) is 0 Å². The highest BCUT2D eigenvalue weighted by Gasteiger charge is 2.32. The number of carbonyl (C=O) groups excluding carboxylic acids is 1. The third-order valence-corrected chi connectivity index (χ3v) is 9.67. The number of aryl methyl sites for hydroxylation is 1. The molecule has 42 heavy (non-hydrogen) atoms. The van der Waals surface area contributed by atoms with Gasteiger partial charge in [-0.25, -0.2) is 14.4 Å². The van der Waals surface area contributed by atoms with E-state index in [2.05, 4.69) is 34.6 Å². The van der Waals surface area contributed by atoms with Crippen molar-refractivity contribution in [1.82, 2.24) is 24.2 Å². The molecular weight excluding hydrogens is 555 g/mol. The number of aliphatic hydroxyl groups excluding tert-OH is 2. The van der Waals surface area contributed by atoms with Crippen molar-refractivity contribution in [2.45, 2.75) is 38.7 Å². The van der Waals surface area contributed by atoms with Crippen LogP contribution in [0.5, 0.6) is 0 Å². The first-order chi connectivity index (χ1) is 20.4. The highest BCUT2D eigenvalue weighted by atomic mass is 32.1. The molecule has 5 heterocycles. The van der Waals surface area contributed by atoms with Crippen LogP contribution in [0.2, 0.25) is 0 Å². The molecule has 2 aliphatic heterocycles. The van der Waals surface area contributed by atoms with Gasteiger partial charge in [0, 0.05) is 44.4 Å². The summed E-state index contributed by atoms with van der Waals surface area (Å²) in [4.78, 5) is 29.2. The number of anilines is 2. The zero-order valence-electron chi connectivity index (χ0n) is 24.0. The lowest BCUT2D eigenvalue weighted by atomic mass is 9.90. The van der Waals surface area contributed by atoms with Gasteiger partial charge in [-0.1, -0.05) is 24.3 Å². The van der Waals surface area contributed by atoms with Gasteiger partial charge in [0.2, 0.25) is 5.91 Å². The number of benzene rings is 1. The molecule has 222 valence electrons. The molecule has 0 aliphatic carbocycles. The maximum absolute atomic E-state index is 13.5. The first-order valence-corrected chi connectivity index (χ1v) is 15.4. The van der Waals surface area contributed by atoms with Gasteiger partial charge in [0.15, 0.2) is 5.13 Å². The Hall–Kier alpha value is -3.38. The van der Waals surface area contributed by atoms with Crippen LogP contribution in [0.3, 0.4) is 0 Å². The van der Waals surface area contributed by atoms with Crippen LogP contribution in [0.1, 0.15) is 41.8 Å². The Morgan fingerprint density at radius 1 is 1.10 bits per heavy atom. The summed E-state index contributed by atoms with van der Waals surface area (Å²) in [6.45, 7) is 5.62. The maximum Gasteiger partial charge on any atom is 0.236 e. The van der Waals surface area contributed by atoms with E-state index >= 15 is 0 Å². The predicted molar refractivity (Wildman–Crippen MR) is 162 cm³/mol. The Bertz CT molecular complexity index is 1560. The van der Waals surface area contributed by atoms with Crippen molar-refractivity contribution < 1.29 is 19.4 Å². The number of imidazole rings is 1. The second-order valence-electron chi connectivity index (χ2n) is 11.3. The Morgan fingerprint density at radius 2 is 1.83 bits per heavy atom. The molecule has 2 N–H and O–H groups in total. The number of hydrogen-bond donors (Lipinski definition) is 2. The van der Waals surface area contributed by atoms with Crippen molar-refractivity contribution in [3.8, 4) is 11.3 Å². The van der Waals surface area contributed by atoms with Crippen LogP contribution in [0, 0.1) is 11.7 Å². The zero-order valence-corrected chi connectivity index (χ0v) is 24.9. The SMILES string of the molecule is CCc1nc2ccc(C3CCN(CC(=O)N4CC(CO)C4)CC3)cn2c1N(C)c1nc(-c2ccc(F)cc2)c(CO)s1. The summed E-state index contributed by atoms with van der Waals surface area (Å²) in [5.41, 5.74) is 4.50. The molecule has 1 amide bonds. The molecule has 0 atom stereocenters. The molecule has 4 aromatic rings. The van der Waals surface area contributed by atoms with Crippen LogP contribution in [-0.2, 0) is 17.8 Å². The fourth-order valence-electron chi connectivity index (χ4n) is 6.05. The van der Waals surface area contributed by atoms with E-state index in [0.29, 0.717) is 31.2 Å². The van der Waals surface area contributed by atoms with Crippen molar-refractivity contribution in [3.05, 3.63) is 64.5 Å². The quantitative estimate of drug-likeness (QED) is 0.303. The zero-order chi connectivity index (χ0) is 29.4. The number of aliphatic hydroxyl groups is 2. The van der Waals surface area contributed by atoms with Crippen molar-refractivity contribution in [3.63, 3.8) is 0 Å². The van der Waals surface area contributed by atoms with Crippen LogP contribution in [0.25, 0.3) is 16.9 Å². The van der Waals surface area contributed by atoms with Crippen LogP contribution in [0.4, 0.5) is 15.3 Å². The van der Waals surface area contributed by atoms with Gasteiger partial charge < -0.3 is 20.0 Å². The van der Waals surface area contributed by atoms with Crippen molar-refractivity contribution in [2.24, 2.45) is 5.92 Å². The lowest BCUT2D eigenvalue weighted by Crippen LogP contribution is -2.54. The lowest BCUT2D eigenvalue weighted by molar-refractivity contribution is -0.139. The van der Waals surface area contributed by atoms with Gasteiger partial charge in [-0.05, 0) is 74.2 Å². The largest absolute Gasteiger partial charge is 0.396 e. The van der Waals surface area contributed by atoms with Gasteiger partial charge in [0.05, 0.1) is 29.4 Å². The number of aromatic nitrogens is 3. The Balaban J connectivity index is 1.21. The van der Waals surface area contributed by atoms with Crippen LogP contribution in [0.15, 0.2) is 42.6 Å². The normalized spacial score (nSPS) is 16.7. The first kappa shape index (κ1) is 28.7. The topological polar surface area (TPSA) is 97.4 Å². The van der Waals surface area contributed by atoms with E-state index < -0.39 is 0 Å². The number of likely N-dealkylation sites (tertiary alicyclic amines) is 2. The Morgan fingerprint density at radius 3 is 2.50 bits per heavy atom. The molecule has 0 spiro atoms. The Labute approximate surface area is 248 Å². The third kappa shape index (κ3) is 5.54. The number of fused-ring (bicyclic) bond motifs is 1. The summed E-state index contributed by atoms with van der Waals surface area (Å²) in [7, 11) is 1.97. The number of piperidine rings is 1. The molecule has 3 aromatic heterocycles. The number of rotatable bonds is 9. The van der Waals surface area contributed by atoms with Crippen molar-refractivity contribution >= 4 is 33.8 Å². The molecule has 2 aliphatic rings. The minimum atomic E-state index is -0.311. The summed E-state index contributed by atoms with van der Waals surface area (Å²) in [6.07, 6.45) is 4.90. The fourth-order valence-corrected chi connectivity index (χ4v) is 6.96. The molecule has 6 rings (SSSR count). The van der Waals surface area contributed by atoms with E-state index in [1.807, 2.05) is 16.8 Å². The first-order valence-electron chi connectivity index (χ1n) is 14.6. The van der Waals surface area contributed by atoms with E-state index in [0.717, 1.165) is 65.1 Å². The molecular formula is C31H37FN6O3S. The smallest absolute Gasteiger partial charge is 0.236 e. The van der Waals surface area contributed by atoms with Gasteiger partial charge in [-0.2, -0.15) is 0 Å². The number of halogens is 1. The number of amides is 1. The second-order valence-corrected chi connectivity index (χ2v) is 12.4. The Kier molecular flexibility index (Phi) is 8.26. The standard InChI is InChI=1S/C31H37FN6O3S/c1-3-25-30(35(2)31-34-29(26(19-40)42-31)22-4-7-24(32)8-5-22)38-16-23(6-9-27(38)33-25)21-10-12-36(13-11-21)17-28(41)37-14-20(15-37)18-39/h4-9,16,20-21,39-40H,3,10-15,17-19H2,1-2H3. The number of hydrogen-bond acceptors (Lipinski definition) is 8. The van der Waals surface area contributed by atoms with E-state index in [1.165, 1.54) is 29.0 Å². The molecule has 9 nitrogen and oxygen atoms in total. The molecule has 0 radical (unpaired) electrons. The van der Waals surface area contributed by atoms with E-state index in [4.69, 9.17) is 9.97 Å². The average Bonchev–Trinajstić information content (AvgIpc) is 3.58. The number of pyridine rings is 1. The highest BCUT2D eigenvalue weighted by Crippen LogP contribution is 2.38.